The van der Waals surface area contributed by atoms with Gasteiger partial charge in [0, 0.05) is 30.9 Å². The number of benzene rings is 1. The Morgan fingerprint density at radius 1 is 1.20 bits per heavy atom. The second-order valence-corrected chi connectivity index (χ2v) is 6.49. The average Bonchev–Trinajstić information content (AvgIpc) is 3.25. The number of β-amino-alcohol motifs (C(OH)–C–C–N with tert-alkyl or cyclic N) is 1. The molecule has 25 heavy (non-hydrogen) atoms. The van der Waals surface area contributed by atoms with E-state index in [0.29, 0.717) is 36.4 Å². The number of halogens is 1. The van der Waals surface area contributed by atoms with Crippen molar-refractivity contribution in [3.63, 3.8) is 0 Å². The minimum atomic E-state index is -0.446. The second-order valence-electron chi connectivity index (χ2n) is 5.71. The topological polar surface area (TPSA) is 90.5 Å². The van der Waals surface area contributed by atoms with Crippen molar-refractivity contribution in [1.29, 1.82) is 0 Å². The lowest BCUT2D eigenvalue weighted by atomic mass is 10.1. The Labute approximate surface area is 156 Å². The van der Waals surface area contributed by atoms with E-state index in [0.717, 1.165) is 0 Å². The maximum atomic E-state index is 12.4. The molecule has 2 aromatic rings. The fourth-order valence-electron chi connectivity index (χ4n) is 2.62. The number of thiophene rings is 1. The van der Waals surface area contributed by atoms with Gasteiger partial charge in [-0.05, 0) is 23.6 Å². The van der Waals surface area contributed by atoms with Gasteiger partial charge in [-0.15, -0.1) is 12.4 Å². The van der Waals surface area contributed by atoms with Gasteiger partial charge in [0.25, 0.3) is 11.8 Å². The van der Waals surface area contributed by atoms with E-state index in [9.17, 15) is 14.7 Å². The molecule has 0 spiro atoms. The highest BCUT2D eigenvalue weighted by Crippen LogP contribution is 2.17. The van der Waals surface area contributed by atoms with E-state index in [4.69, 9.17) is 0 Å². The van der Waals surface area contributed by atoms with Crippen LogP contribution >= 0.6 is 23.7 Å². The summed E-state index contributed by atoms with van der Waals surface area (Å²) in [5, 5.41) is 22.1. The lowest BCUT2D eigenvalue weighted by Gasteiger charge is -2.15. The summed E-state index contributed by atoms with van der Waals surface area (Å²) in [7, 11) is 0. The van der Waals surface area contributed by atoms with E-state index in [2.05, 4.69) is 16.0 Å². The van der Waals surface area contributed by atoms with Gasteiger partial charge < -0.3 is 21.1 Å². The minimum Gasteiger partial charge on any atom is -0.391 e. The normalized spacial score (nSPS) is 19.1. The highest BCUT2D eigenvalue weighted by molar-refractivity contribution is 7.08. The number of amides is 2. The molecule has 6 nitrogen and oxygen atoms in total. The van der Waals surface area contributed by atoms with Crippen LogP contribution in [0.3, 0.4) is 0 Å². The molecule has 134 valence electrons. The predicted octanol–water partition coefficient (Wildman–Crippen LogP) is 1.73. The van der Waals surface area contributed by atoms with Gasteiger partial charge in [-0.2, -0.15) is 11.3 Å². The first kappa shape index (κ1) is 19.4. The van der Waals surface area contributed by atoms with Crippen LogP contribution in [0.5, 0.6) is 0 Å². The molecule has 0 saturated carbocycles. The lowest BCUT2D eigenvalue weighted by Crippen LogP contribution is -2.34. The quantitative estimate of drug-likeness (QED) is 0.635. The molecule has 1 aliphatic rings. The molecule has 1 aliphatic heterocycles. The van der Waals surface area contributed by atoms with Crippen molar-refractivity contribution in [3.8, 4) is 0 Å². The van der Waals surface area contributed by atoms with E-state index in [-0.39, 0.29) is 30.1 Å². The summed E-state index contributed by atoms with van der Waals surface area (Å²) in [6.45, 7) is 1.62. The number of anilines is 1. The summed E-state index contributed by atoms with van der Waals surface area (Å²) in [6.07, 6.45) is -0.446. The van der Waals surface area contributed by atoms with Gasteiger partial charge in [0.1, 0.15) is 0 Å². The second kappa shape index (κ2) is 8.96. The van der Waals surface area contributed by atoms with Crippen LogP contribution < -0.4 is 16.0 Å². The van der Waals surface area contributed by atoms with Crippen LogP contribution in [0.15, 0.2) is 41.1 Å². The van der Waals surface area contributed by atoms with Gasteiger partial charge in [-0.1, -0.05) is 12.1 Å². The van der Waals surface area contributed by atoms with Crippen molar-refractivity contribution in [2.75, 3.05) is 25.0 Å². The van der Waals surface area contributed by atoms with E-state index < -0.39 is 6.10 Å². The van der Waals surface area contributed by atoms with Crippen LogP contribution in [0.1, 0.15) is 20.7 Å². The smallest absolute Gasteiger partial charge is 0.256 e. The van der Waals surface area contributed by atoms with E-state index in [1.54, 1.807) is 35.7 Å². The predicted molar refractivity (Wildman–Crippen MR) is 101 cm³/mol. The zero-order valence-electron chi connectivity index (χ0n) is 13.4. The van der Waals surface area contributed by atoms with Crippen molar-refractivity contribution in [2.24, 2.45) is 5.92 Å². The number of nitrogens with one attached hydrogen (secondary N) is 3. The number of aliphatic hydroxyl groups excluding tert-OH is 1. The fraction of sp³-hybridized carbons (Fsp3) is 0.294. The summed E-state index contributed by atoms with van der Waals surface area (Å²) in [6, 6.07) is 8.62. The van der Waals surface area contributed by atoms with Gasteiger partial charge in [0.15, 0.2) is 0 Å². The molecule has 1 aromatic carbocycles. The molecule has 1 fully saturated rings. The molecule has 1 saturated heterocycles. The minimum absolute atomic E-state index is 0. The molecule has 0 aliphatic carbocycles. The third kappa shape index (κ3) is 4.79. The molecule has 2 unspecified atom stereocenters. The summed E-state index contributed by atoms with van der Waals surface area (Å²) in [5.41, 5.74) is 1.44. The average molecular weight is 382 g/mol. The number of para-hydroxylation sites is 1. The molecule has 2 heterocycles. The summed E-state index contributed by atoms with van der Waals surface area (Å²) < 4.78 is 0. The standard InChI is InChI=1S/C17H19N3O3S.ClH/c21-15-9-18-7-12(15)8-19-17(23)13-3-1-2-4-14(13)20-16(22)11-5-6-24-10-11;/h1-6,10,12,15,18,21H,7-9H2,(H,19,23)(H,20,22);1H. The highest BCUT2D eigenvalue weighted by Gasteiger charge is 2.25. The molecule has 4 N–H and O–H groups in total. The van der Waals surface area contributed by atoms with E-state index >= 15 is 0 Å². The number of hydrogen-bond acceptors (Lipinski definition) is 5. The van der Waals surface area contributed by atoms with Gasteiger partial charge in [-0.25, -0.2) is 0 Å². The molecule has 8 heteroatoms. The first-order valence-corrected chi connectivity index (χ1v) is 8.69. The molecule has 2 atom stereocenters. The third-order valence-corrected chi connectivity index (χ3v) is 4.72. The number of aliphatic hydroxyl groups is 1. The van der Waals surface area contributed by atoms with Crippen LogP contribution in [0.2, 0.25) is 0 Å². The lowest BCUT2D eigenvalue weighted by molar-refractivity contribution is 0.0928. The number of rotatable bonds is 5. The molecule has 0 radical (unpaired) electrons. The molecule has 0 bridgehead atoms. The van der Waals surface area contributed by atoms with Crippen molar-refractivity contribution in [3.05, 3.63) is 52.2 Å². The molecule has 1 aromatic heterocycles. The monoisotopic (exact) mass is 381 g/mol. The van der Waals surface area contributed by atoms with Crippen molar-refractivity contribution in [2.45, 2.75) is 6.10 Å². The number of hydrogen-bond donors (Lipinski definition) is 4. The number of carbonyl (C=O) groups excluding carboxylic acids is 2. The Balaban J connectivity index is 0.00000225. The first-order chi connectivity index (χ1) is 11.6. The zero-order chi connectivity index (χ0) is 16.9. The SMILES string of the molecule is Cl.O=C(Nc1ccccc1C(=O)NCC1CNCC1O)c1ccsc1. The highest BCUT2D eigenvalue weighted by atomic mass is 35.5. The number of carbonyl (C=O) groups is 2. The summed E-state index contributed by atoms with van der Waals surface area (Å²) in [4.78, 5) is 24.6. The molecule has 3 rings (SSSR count). The van der Waals surface area contributed by atoms with Gasteiger partial charge >= 0.3 is 0 Å². The van der Waals surface area contributed by atoms with Crippen LogP contribution in [0.25, 0.3) is 0 Å². The Hall–Kier alpha value is -1.93. The maximum absolute atomic E-state index is 12.4. The van der Waals surface area contributed by atoms with Crippen LogP contribution in [0, 0.1) is 5.92 Å². The maximum Gasteiger partial charge on any atom is 0.256 e. The van der Waals surface area contributed by atoms with Crippen molar-refractivity contribution >= 4 is 41.2 Å². The Morgan fingerprint density at radius 3 is 2.68 bits per heavy atom. The van der Waals surface area contributed by atoms with Crippen LogP contribution in [-0.2, 0) is 0 Å². The van der Waals surface area contributed by atoms with Crippen LogP contribution in [-0.4, -0.2) is 42.7 Å². The largest absolute Gasteiger partial charge is 0.391 e. The molecule has 2 amide bonds. The summed E-state index contributed by atoms with van der Waals surface area (Å²) >= 11 is 1.44. The molecular weight excluding hydrogens is 362 g/mol. The Bertz CT molecular complexity index is 724. The summed E-state index contributed by atoms with van der Waals surface area (Å²) in [5.74, 6) is -0.510. The van der Waals surface area contributed by atoms with Gasteiger partial charge in [0.2, 0.25) is 0 Å². The molecular formula is C17H20ClN3O3S. The fourth-order valence-corrected chi connectivity index (χ4v) is 3.26. The van der Waals surface area contributed by atoms with Gasteiger partial charge in [0.05, 0.1) is 22.9 Å². The third-order valence-electron chi connectivity index (χ3n) is 4.03. The van der Waals surface area contributed by atoms with Gasteiger partial charge in [-0.3, -0.25) is 9.59 Å². The van der Waals surface area contributed by atoms with Crippen molar-refractivity contribution in [1.82, 2.24) is 10.6 Å². The zero-order valence-corrected chi connectivity index (χ0v) is 15.0. The van der Waals surface area contributed by atoms with E-state index in [1.165, 1.54) is 11.3 Å². The van der Waals surface area contributed by atoms with Crippen LogP contribution in [0.4, 0.5) is 5.69 Å². The Kier molecular flexibility index (Phi) is 6.95. The first-order valence-electron chi connectivity index (χ1n) is 7.74. The Morgan fingerprint density at radius 2 is 2.00 bits per heavy atom. The van der Waals surface area contributed by atoms with E-state index in [1.807, 2.05) is 5.38 Å². The van der Waals surface area contributed by atoms with Crippen molar-refractivity contribution < 1.29 is 14.7 Å².